The van der Waals surface area contributed by atoms with E-state index in [9.17, 15) is 10.1 Å². The first-order valence-electron chi connectivity index (χ1n) is 9.60. The molecule has 3 heterocycles. The summed E-state index contributed by atoms with van der Waals surface area (Å²) in [6.45, 7) is 1.62. The van der Waals surface area contributed by atoms with Crippen LogP contribution in [0.2, 0.25) is 0 Å². The zero-order valence-electron chi connectivity index (χ0n) is 16.3. The Hall–Kier alpha value is -3.54. The Kier molecular flexibility index (Phi) is 4.54. The van der Waals surface area contributed by atoms with Gasteiger partial charge < -0.3 is 10.6 Å². The third kappa shape index (κ3) is 3.05. The minimum atomic E-state index is -0.289. The van der Waals surface area contributed by atoms with Gasteiger partial charge in [0.05, 0.1) is 28.7 Å². The molecular weight excluding hydrogens is 396 g/mol. The molecule has 0 aliphatic carbocycles. The fourth-order valence-corrected chi connectivity index (χ4v) is 4.78. The fraction of sp³-hybridized carbons (Fsp3) is 0.182. The summed E-state index contributed by atoms with van der Waals surface area (Å²) < 4.78 is 1.80. The van der Waals surface area contributed by atoms with Crippen LogP contribution in [0.4, 0.5) is 5.69 Å². The molecule has 1 aliphatic heterocycles. The van der Waals surface area contributed by atoms with Gasteiger partial charge in [-0.25, -0.2) is 4.98 Å². The van der Waals surface area contributed by atoms with Crippen LogP contribution >= 0.6 is 11.3 Å². The molecule has 8 heteroatoms. The van der Waals surface area contributed by atoms with E-state index in [1.54, 1.807) is 16.9 Å². The highest BCUT2D eigenvalue weighted by molar-refractivity contribution is 7.13. The number of nitrogens with zero attached hydrogens (tertiary/aromatic N) is 4. The van der Waals surface area contributed by atoms with E-state index in [1.165, 1.54) is 11.3 Å². The lowest BCUT2D eigenvalue weighted by molar-refractivity contribution is 0.102. The van der Waals surface area contributed by atoms with Crippen LogP contribution in [0.1, 0.15) is 25.9 Å². The summed E-state index contributed by atoms with van der Waals surface area (Å²) >= 11 is 1.40. The summed E-state index contributed by atoms with van der Waals surface area (Å²) in [6, 6.07) is 13.7. The summed E-state index contributed by atoms with van der Waals surface area (Å²) in [7, 11) is 1.89. The molecule has 2 aromatic carbocycles. The molecule has 7 nitrogen and oxygen atoms in total. The van der Waals surface area contributed by atoms with Crippen LogP contribution in [-0.2, 0) is 20.0 Å². The van der Waals surface area contributed by atoms with Crippen LogP contribution in [-0.4, -0.2) is 27.2 Å². The van der Waals surface area contributed by atoms with Gasteiger partial charge in [-0.1, -0.05) is 24.3 Å². The Morgan fingerprint density at radius 2 is 2.10 bits per heavy atom. The van der Waals surface area contributed by atoms with Gasteiger partial charge in [-0.15, -0.1) is 11.3 Å². The van der Waals surface area contributed by atoms with Crippen molar-refractivity contribution in [1.82, 2.24) is 20.1 Å². The molecule has 0 unspecified atom stereocenters. The number of aromatic nitrogens is 3. The zero-order valence-corrected chi connectivity index (χ0v) is 17.1. The summed E-state index contributed by atoms with van der Waals surface area (Å²) in [5, 5.41) is 21.8. The maximum absolute atomic E-state index is 12.9. The Labute approximate surface area is 177 Å². The molecule has 5 rings (SSSR count). The van der Waals surface area contributed by atoms with E-state index in [-0.39, 0.29) is 5.91 Å². The van der Waals surface area contributed by atoms with Gasteiger partial charge in [-0.05, 0) is 17.7 Å². The van der Waals surface area contributed by atoms with Crippen molar-refractivity contribution < 1.29 is 4.79 Å². The number of hydrogen-bond donors (Lipinski definition) is 2. The molecule has 148 valence electrons. The Morgan fingerprint density at radius 3 is 2.93 bits per heavy atom. The maximum atomic E-state index is 12.9. The van der Waals surface area contributed by atoms with E-state index in [1.807, 2.05) is 37.4 Å². The normalized spacial score (nSPS) is 13.1. The zero-order chi connectivity index (χ0) is 20.7. The first kappa shape index (κ1) is 18.5. The van der Waals surface area contributed by atoms with E-state index in [4.69, 9.17) is 0 Å². The Balaban J connectivity index is 1.53. The molecular formula is C22H18N6OS. The monoisotopic (exact) mass is 414 g/mol. The predicted octanol–water partition coefficient (Wildman–Crippen LogP) is 3.47. The highest BCUT2D eigenvalue weighted by atomic mass is 32.1. The fourth-order valence-electron chi connectivity index (χ4n) is 3.81. The second-order valence-corrected chi connectivity index (χ2v) is 8.20. The molecule has 0 saturated carbocycles. The minimum absolute atomic E-state index is 0.289. The van der Waals surface area contributed by atoms with Crippen LogP contribution < -0.4 is 10.6 Å². The second kappa shape index (κ2) is 7.37. The van der Waals surface area contributed by atoms with Crippen LogP contribution in [0, 0.1) is 11.3 Å². The van der Waals surface area contributed by atoms with Crippen LogP contribution in [0.15, 0.2) is 42.6 Å². The smallest absolute Gasteiger partial charge is 0.284 e. The Morgan fingerprint density at radius 1 is 1.27 bits per heavy atom. The summed E-state index contributed by atoms with van der Waals surface area (Å²) in [5.74, 6) is -0.289. The molecule has 30 heavy (non-hydrogen) atoms. The number of anilines is 1. The number of carbonyl (C=O) groups excluding carboxylic acids is 1. The molecule has 1 amide bonds. The van der Waals surface area contributed by atoms with Crippen molar-refractivity contribution >= 4 is 33.8 Å². The molecule has 0 bridgehead atoms. The van der Waals surface area contributed by atoms with Crippen molar-refractivity contribution in [2.75, 3.05) is 11.9 Å². The van der Waals surface area contributed by atoms with Crippen molar-refractivity contribution in [3.8, 4) is 17.2 Å². The van der Waals surface area contributed by atoms with Crippen LogP contribution in [0.3, 0.4) is 0 Å². The SMILES string of the molecule is Cn1ncc2c(-c3cccc(NC(=O)c4nc5c(s4)CNCC5)c3C#N)cccc21. The average molecular weight is 414 g/mol. The second-order valence-electron chi connectivity index (χ2n) is 7.12. The number of carbonyl (C=O) groups is 1. The maximum Gasteiger partial charge on any atom is 0.284 e. The molecule has 0 saturated heterocycles. The Bertz CT molecular complexity index is 1310. The predicted molar refractivity (Wildman–Crippen MR) is 116 cm³/mol. The van der Waals surface area contributed by atoms with Gasteiger partial charge in [0.15, 0.2) is 5.01 Å². The van der Waals surface area contributed by atoms with E-state index in [0.717, 1.165) is 52.1 Å². The lowest BCUT2D eigenvalue weighted by atomic mass is 9.96. The number of amides is 1. The largest absolute Gasteiger partial charge is 0.319 e. The van der Waals surface area contributed by atoms with Gasteiger partial charge in [0.1, 0.15) is 6.07 Å². The summed E-state index contributed by atoms with van der Waals surface area (Å²) in [5.41, 5.74) is 4.53. The van der Waals surface area contributed by atoms with Gasteiger partial charge in [0.25, 0.3) is 5.91 Å². The quantitative estimate of drug-likeness (QED) is 0.535. The van der Waals surface area contributed by atoms with Crippen molar-refractivity contribution in [3.05, 3.63) is 63.7 Å². The number of aryl methyl sites for hydroxylation is 1. The number of thiazole rings is 1. The number of benzene rings is 2. The number of rotatable bonds is 3. The minimum Gasteiger partial charge on any atom is -0.319 e. The molecule has 4 aromatic rings. The van der Waals surface area contributed by atoms with E-state index in [0.29, 0.717) is 16.3 Å². The van der Waals surface area contributed by atoms with E-state index < -0.39 is 0 Å². The molecule has 2 aromatic heterocycles. The molecule has 0 fully saturated rings. The third-order valence-electron chi connectivity index (χ3n) is 5.30. The molecule has 1 aliphatic rings. The topological polar surface area (TPSA) is 95.6 Å². The summed E-state index contributed by atoms with van der Waals surface area (Å²) in [4.78, 5) is 18.5. The number of fused-ring (bicyclic) bond motifs is 2. The first-order chi connectivity index (χ1) is 14.7. The van der Waals surface area contributed by atoms with Crippen LogP contribution in [0.25, 0.3) is 22.0 Å². The van der Waals surface area contributed by atoms with Gasteiger partial charge >= 0.3 is 0 Å². The van der Waals surface area contributed by atoms with Crippen molar-refractivity contribution in [2.24, 2.45) is 7.05 Å². The summed E-state index contributed by atoms with van der Waals surface area (Å²) in [6.07, 6.45) is 2.62. The highest BCUT2D eigenvalue weighted by Gasteiger charge is 2.21. The van der Waals surface area contributed by atoms with Gasteiger partial charge in [0.2, 0.25) is 0 Å². The lowest BCUT2D eigenvalue weighted by Crippen LogP contribution is -2.22. The number of nitriles is 1. The molecule has 2 N–H and O–H groups in total. The van der Waals surface area contributed by atoms with Gasteiger partial charge in [0, 0.05) is 42.4 Å². The highest BCUT2D eigenvalue weighted by Crippen LogP contribution is 2.34. The van der Waals surface area contributed by atoms with Gasteiger partial charge in [-0.2, -0.15) is 10.4 Å². The number of nitrogens with one attached hydrogen (secondary N) is 2. The molecule has 0 spiro atoms. The van der Waals surface area contributed by atoms with E-state index >= 15 is 0 Å². The van der Waals surface area contributed by atoms with Crippen LogP contribution in [0.5, 0.6) is 0 Å². The van der Waals surface area contributed by atoms with E-state index in [2.05, 4.69) is 26.8 Å². The van der Waals surface area contributed by atoms with Crippen molar-refractivity contribution in [2.45, 2.75) is 13.0 Å². The average Bonchev–Trinajstić information content (AvgIpc) is 3.37. The molecule has 0 radical (unpaired) electrons. The number of hydrogen-bond acceptors (Lipinski definition) is 6. The lowest BCUT2D eigenvalue weighted by Gasteiger charge is -2.11. The van der Waals surface area contributed by atoms with Crippen molar-refractivity contribution in [1.29, 1.82) is 5.26 Å². The first-order valence-corrected chi connectivity index (χ1v) is 10.4. The third-order valence-corrected chi connectivity index (χ3v) is 6.40. The molecule has 0 atom stereocenters. The van der Waals surface area contributed by atoms with Crippen molar-refractivity contribution in [3.63, 3.8) is 0 Å². The van der Waals surface area contributed by atoms with Gasteiger partial charge in [-0.3, -0.25) is 9.48 Å². The standard InChI is InChI=1S/C22H18N6OS/c1-28-19-7-3-5-14(16(19)11-25-28)13-4-2-6-17(15(13)10-23)26-21(29)22-27-18-8-9-24-12-20(18)30-22/h2-7,11,24H,8-9,12H2,1H3,(H,26,29).